The summed E-state index contributed by atoms with van der Waals surface area (Å²) in [6, 6.07) is 8.92. The SMILES string of the molecule is c1cc(N2CCCCC2)ccc1-c1cnn(C2CCCCO2)c1. The molecule has 0 N–H and O–H groups in total. The Morgan fingerprint density at radius 1 is 0.913 bits per heavy atom. The molecule has 4 rings (SSSR count). The molecule has 2 saturated heterocycles. The van der Waals surface area contributed by atoms with Crippen molar-refractivity contribution < 1.29 is 4.74 Å². The molecule has 0 radical (unpaired) electrons. The van der Waals surface area contributed by atoms with Gasteiger partial charge in [0.25, 0.3) is 0 Å². The normalized spacial score (nSPS) is 22.3. The van der Waals surface area contributed by atoms with Gasteiger partial charge >= 0.3 is 0 Å². The predicted octanol–water partition coefficient (Wildman–Crippen LogP) is 4.24. The number of rotatable bonds is 3. The first-order chi connectivity index (χ1) is 11.4. The van der Waals surface area contributed by atoms with E-state index < -0.39 is 0 Å². The summed E-state index contributed by atoms with van der Waals surface area (Å²) in [5, 5.41) is 4.51. The molecule has 0 saturated carbocycles. The first-order valence-electron chi connectivity index (χ1n) is 8.91. The maximum atomic E-state index is 5.81. The summed E-state index contributed by atoms with van der Waals surface area (Å²) in [7, 11) is 0. The van der Waals surface area contributed by atoms with Crippen LogP contribution in [0.3, 0.4) is 0 Å². The smallest absolute Gasteiger partial charge is 0.150 e. The van der Waals surface area contributed by atoms with Crippen molar-refractivity contribution in [1.82, 2.24) is 9.78 Å². The third kappa shape index (κ3) is 3.27. The minimum Gasteiger partial charge on any atom is -0.372 e. The lowest BCUT2D eigenvalue weighted by Gasteiger charge is -2.28. The van der Waals surface area contributed by atoms with E-state index in [1.165, 1.54) is 62.0 Å². The number of aromatic nitrogens is 2. The highest BCUT2D eigenvalue weighted by atomic mass is 16.5. The molecule has 122 valence electrons. The van der Waals surface area contributed by atoms with Crippen molar-refractivity contribution in [3.63, 3.8) is 0 Å². The Balaban J connectivity index is 1.48. The number of piperidine rings is 1. The fraction of sp³-hybridized carbons (Fsp3) is 0.526. The van der Waals surface area contributed by atoms with Gasteiger partial charge in [-0.3, -0.25) is 0 Å². The molecular weight excluding hydrogens is 286 g/mol. The van der Waals surface area contributed by atoms with Gasteiger partial charge in [-0.25, -0.2) is 4.68 Å². The average molecular weight is 311 g/mol. The van der Waals surface area contributed by atoms with Gasteiger partial charge in [0.2, 0.25) is 0 Å². The highest BCUT2D eigenvalue weighted by Gasteiger charge is 2.17. The molecular formula is C19H25N3O. The van der Waals surface area contributed by atoms with E-state index in [2.05, 4.69) is 40.5 Å². The van der Waals surface area contributed by atoms with E-state index in [1.54, 1.807) is 0 Å². The first kappa shape index (κ1) is 14.8. The van der Waals surface area contributed by atoms with Crippen molar-refractivity contribution in [3.05, 3.63) is 36.7 Å². The van der Waals surface area contributed by atoms with Crippen LogP contribution in [-0.2, 0) is 4.74 Å². The number of hydrogen-bond donors (Lipinski definition) is 0. The predicted molar refractivity (Wildman–Crippen MR) is 92.6 cm³/mol. The van der Waals surface area contributed by atoms with E-state index in [0.29, 0.717) is 0 Å². The van der Waals surface area contributed by atoms with Crippen molar-refractivity contribution in [3.8, 4) is 11.1 Å². The fourth-order valence-electron chi connectivity index (χ4n) is 3.59. The van der Waals surface area contributed by atoms with E-state index in [1.807, 2.05) is 10.9 Å². The van der Waals surface area contributed by atoms with Gasteiger partial charge in [0.15, 0.2) is 0 Å². The van der Waals surface area contributed by atoms with Gasteiger partial charge in [0.05, 0.1) is 6.20 Å². The van der Waals surface area contributed by atoms with E-state index in [-0.39, 0.29) is 6.23 Å². The van der Waals surface area contributed by atoms with Gasteiger partial charge in [-0.05, 0) is 56.2 Å². The zero-order valence-corrected chi connectivity index (χ0v) is 13.7. The van der Waals surface area contributed by atoms with E-state index in [4.69, 9.17) is 4.74 Å². The van der Waals surface area contributed by atoms with Gasteiger partial charge in [-0.15, -0.1) is 0 Å². The Kier molecular flexibility index (Phi) is 4.33. The Hall–Kier alpha value is -1.81. The highest BCUT2D eigenvalue weighted by molar-refractivity contribution is 5.65. The van der Waals surface area contributed by atoms with E-state index >= 15 is 0 Å². The van der Waals surface area contributed by atoms with Crippen molar-refractivity contribution in [2.45, 2.75) is 44.8 Å². The van der Waals surface area contributed by atoms with Crippen molar-refractivity contribution in [2.24, 2.45) is 0 Å². The molecule has 1 unspecified atom stereocenters. The second-order valence-electron chi connectivity index (χ2n) is 6.62. The molecule has 1 aromatic heterocycles. The standard InChI is InChI=1S/C19H25N3O/c1-3-11-21(12-4-1)18-9-7-16(8-10-18)17-14-20-22(15-17)19-6-2-5-13-23-19/h7-10,14-15,19H,1-6,11-13H2. The van der Waals surface area contributed by atoms with Gasteiger partial charge in [-0.1, -0.05) is 12.1 Å². The van der Waals surface area contributed by atoms with Crippen molar-refractivity contribution in [2.75, 3.05) is 24.6 Å². The molecule has 0 amide bonds. The lowest BCUT2D eigenvalue weighted by Crippen LogP contribution is -2.29. The van der Waals surface area contributed by atoms with Crippen LogP contribution in [0.25, 0.3) is 11.1 Å². The van der Waals surface area contributed by atoms with Gasteiger partial charge in [0, 0.05) is 37.1 Å². The number of anilines is 1. The summed E-state index contributed by atoms with van der Waals surface area (Å²) >= 11 is 0. The van der Waals surface area contributed by atoms with Crippen LogP contribution < -0.4 is 4.90 Å². The van der Waals surface area contributed by atoms with Gasteiger partial charge < -0.3 is 9.64 Å². The topological polar surface area (TPSA) is 30.3 Å². The quantitative estimate of drug-likeness (QED) is 0.849. The lowest BCUT2D eigenvalue weighted by molar-refractivity contribution is -0.0394. The molecule has 2 aromatic rings. The van der Waals surface area contributed by atoms with E-state index in [0.717, 1.165) is 13.0 Å². The van der Waals surface area contributed by atoms with Crippen LogP contribution in [0.15, 0.2) is 36.7 Å². The molecule has 4 nitrogen and oxygen atoms in total. The van der Waals surface area contributed by atoms with Crippen LogP contribution in [0.2, 0.25) is 0 Å². The highest BCUT2D eigenvalue weighted by Crippen LogP contribution is 2.27. The van der Waals surface area contributed by atoms with Gasteiger partial charge in [-0.2, -0.15) is 5.10 Å². The van der Waals surface area contributed by atoms with Crippen LogP contribution in [0.4, 0.5) is 5.69 Å². The Morgan fingerprint density at radius 3 is 2.48 bits per heavy atom. The van der Waals surface area contributed by atoms with E-state index in [9.17, 15) is 0 Å². The maximum absolute atomic E-state index is 5.81. The van der Waals surface area contributed by atoms with Gasteiger partial charge in [0.1, 0.15) is 6.23 Å². The molecule has 0 bridgehead atoms. The molecule has 2 aliphatic heterocycles. The zero-order chi connectivity index (χ0) is 15.5. The van der Waals surface area contributed by atoms with Crippen LogP contribution in [0, 0.1) is 0 Å². The third-order valence-electron chi connectivity index (χ3n) is 4.97. The maximum Gasteiger partial charge on any atom is 0.150 e. The summed E-state index contributed by atoms with van der Waals surface area (Å²) in [6.07, 6.45) is 11.6. The zero-order valence-electron chi connectivity index (χ0n) is 13.7. The molecule has 4 heteroatoms. The second-order valence-corrected chi connectivity index (χ2v) is 6.62. The minimum atomic E-state index is 0.116. The second kappa shape index (κ2) is 6.75. The molecule has 0 spiro atoms. The van der Waals surface area contributed by atoms with Crippen LogP contribution in [0.1, 0.15) is 44.8 Å². The molecule has 23 heavy (non-hydrogen) atoms. The summed E-state index contributed by atoms with van der Waals surface area (Å²) in [6.45, 7) is 3.23. The number of nitrogens with zero attached hydrogens (tertiary/aromatic N) is 3. The third-order valence-corrected chi connectivity index (χ3v) is 4.97. The molecule has 0 aliphatic carbocycles. The Morgan fingerprint density at radius 2 is 1.74 bits per heavy atom. The fourth-order valence-corrected chi connectivity index (χ4v) is 3.59. The number of ether oxygens (including phenoxy) is 1. The van der Waals surface area contributed by atoms with Crippen molar-refractivity contribution in [1.29, 1.82) is 0 Å². The number of benzene rings is 1. The minimum absolute atomic E-state index is 0.116. The number of hydrogen-bond acceptors (Lipinski definition) is 3. The molecule has 2 fully saturated rings. The summed E-state index contributed by atoms with van der Waals surface area (Å²) < 4.78 is 7.78. The molecule has 3 heterocycles. The average Bonchev–Trinajstić information content (AvgIpc) is 3.14. The monoisotopic (exact) mass is 311 g/mol. The molecule has 1 aromatic carbocycles. The first-order valence-corrected chi connectivity index (χ1v) is 8.91. The lowest BCUT2D eigenvalue weighted by atomic mass is 10.1. The summed E-state index contributed by atoms with van der Waals surface area (Å²) in [5.74, 6) is 0. The summed E-state index contributed by atoms with van der Waals surface area (Å²) in [5.41, 5.74) is 3.74. The van der Waals surface area contributed by atoms with Crippen molar-refractivity contribution >= 4 is 5.69 Å². The summed E-state index contributed by atoms with van der Waals surface area (Å²) in [4.78, 5) is 2.49. The largest absolute Gasteiger partial charge is 0.372 e. The van der Waals surface area contributed by atoms with Crippen LogP contribution in [0.5, 0.6) is 0 Å². The van der Waals surface area contributed by atoms with Crippen LogP contribution >= 0.6 is 0 Å². The molecule has 2 aliphatic rings. The van der Waals surface area contributed by atoms with Crippen LogP contribution in [-0.4, -0.2) is 29.5 Å². The Labute approximate surface area is 138 Å². The molecule has 1 atom stereocenters. The Bertz CT molecular complexity index is 622.